The molecular formula is C19H26FN3O. The zero-order valence-corrected chi connectivity index (χ0v) is 14.4. The molecular weight excluding hydrogens is 305 g/mol. The van der Waals surface area contributed by atoms with Crippen LogP contribution in [0.4, 0.5) is 4.39 Å². The maximum atomic E-state index is 13.3. The summed E-state index contributed by atoms with van der Waals surface area (Å²) in [6, 6.07) is 6.88. The van der Waals surface area contributed by atoms with Crippen molar-refractivity contribution in [3.63, 3.8) is 0 Å². The number of aromatic nitrogens is 1. The lowest BCUT2D eigenvalue weighted by molar-refractivity contribution is -0.127. The van der Waals surface area contributed by atoms with Gasteiger partial charge in [-0.05, 0) is 50.6 Å². The molecule has 1 aromatic carbocycles. The molecule has 1 aliphatic carbocycles. The Labute approximate surface area is 142 Å². The fraction of sp³-hybridized carbons (Fsp3) is 0.526. The Morgan fingerprint density at radius 2 is 2.12 bits per heavy atom. The van der Waals surface area contributed by atoms with Gasteiger partial charge in [0, 0.05) is 29.2 Å². The van der Waals surface area contributed by atoms with E-state index < -0.39 is 0 Å². The Balaban J connectivity index is 1.66. The zero-order valence-electron chi connectivity index (χ0n) is 14.4. The third kappa shape index (κ3) is 3.78. The van der Waals surface area contributed by atoms with Gasteiger partial charge in [-0.2, -0.15) is 0 Å². The largest absolute Gasteiger partial charge is 0.357 e. The Bertz CT molecular complexity index is 706. The zero-order chi connectivity index (χ0) is 17.1. The second kappa shape index (κ2) is 7.34. The van der Waals surface area contributed by atoms with E-state index in [1.165, 1.54) is 25.0 Å². The van der Waals surface area contributed by atoms with Crippen LogP contribution in [-0.2, 0) is 11.3 Å². The molecule has 0 saturated heterocycles. The average molecular weight is 331 g/mol. The van der Waals surface area contributed by atoms with Crippen LogP contribution in [0.2, 0.25) is 0 Å². The van der Waals surface area contributed by atoms with Gasteiger partial charge < -0.3 is 10.3 Å². The summed E-state index contributed by atoms with van der Waals surface area (Å²) < 4.78 is 13.3. The minimum Gasteiger partial charge on any atom is -0.357 e. The van der Waals surface area contributed by atoms with Crippen LogP contribution in [0.1, 0.15) is 44.7 Å². The van der Waals surface area contributed by atoms with Gasteiger partial charge in [-0.15, -0.1) is 0 Å². The van der Waals surface area contributed by atoms with Crippen molar-refractivity contribution in [2.75, 3.05) is 7.05 Å². The van der Waals surface area contributed by atoms with E-state index in [4.69, 9.17) is 0 Å². The maximum Gasteiger partial charge on any atom is 0.237 e. The number of likely N-dealkylation sites (N-methyl/N-ethyl adjacent to an activating group) is 1. The summed E-state index contributed by atoms with van der Waals surface area (Å²) in [6.45, 7) is 2.67. The van der Waals surface area contributed by atoms with E-state index in [2.05, 4.69) is 15.2 Å². The Morgan fingerprint density at radius 3 is 2.83 bits per heavy atom. The molecule has 0 radical (unpaired) electrons. The van der Waals surface area contributed by atoms with Crippen molar-refractivity contribution < 1.29 is 9.18 Å². The molecule has 3 rings (SSSR count). The number of amides is 1. The number of hydrogen-bond acceptors (Lipinski definition) is 2. The fourth-order valence-corrected chi connectivity index (χ4v) is 3.69. The normalized spacial score (nSPS) is 16.8. The summed E-state index contributed by atoms with van der Waals surface area (Å²) >= 11 is 0. The highest BCUT2D eigenvalue weighted by atomic mass is 19.1. The summed E-state index contributed by atoms with van der Waals surface area (Å²) in [6.07, 6.45) is 5.38. The third-order valence-electron chi connectivity index (χ3n) is 4.98. The SMILES string of the molecule is CCC(C(=O)NC1CCCC1)N(C)Cc1cc2cc(F)ccc2[nH]1. The molecule has 130 valence electrons. The van der Waals surface area contributed by atoms with Crippen molar-refractivity contribution in [1.29, 1.82) is 0 Å². The number of halogens is 1. The van der Waals surface area contributed by atoms with E-state index >= 15 is 0 Å². The molecule has 2 aromatic rings. The van der Waals surface area contributed by atoms with Gasteiger partial charge in [-0.1, -0.05) is 19.8 Å². The first-order valence-electron chi connectivity index (χ1n) is 8.84. The van der Waals surface area contributed by atoms with Crippen LogP contribution in [0.25, 0.3) is 10.9 Å². The molecule has 1 saturated carbocycles. The summed E-state index contributed by atoms with van der Waals surface area (Å²) in [5.74, 6) is -0.113. The lowest BCUT2D eigenvalue weighted by atomic mass is 10.1. The number of carbonyl (C=O) groups is 1. The van der Waals surface area contributed by atoms with Crippen LogP contribution >= 0.6 is 0 Å². The summed E-state index contributed by atoms with van der Waals surface area (Å²) in [5.41, 5.74) is 1.91. The van der Waals surface area contributed by atoms with Crippen LogP contribution in [0.5, 0.6) is 0 Å². The Morgan fingerprint density at radius 1 is 1.38 bits per heavy atom. The van der Waals surface area contributed by atoms with Gasteiger partial charge in [0.1, 0.15) is 5.82 Å². The van der Waals surface area contributed by atoms with E-state index in [9.17, 15) is 9.18 Å². The van der Waals surface area contributed by atoms with E-state index in [0.29, 0.717) is 12.6 Å². The van der Waals surface area contributed by atoms with Gasteiger partial charge in [0.05, 0.1) is 6.04 Å². The van der Waals surface area contributed by atoms with Crippen molar-refractivity contribution in [1.82, 2.24) is 15.2 Å². The minimum absolute atomic E-state index is 0.119. The average Bonchev–Trinajstić information content (AvgIpc) is 3.16. The van der Waals surface area contributed by atoms with Crippen molar-refractivity contribution in [2.45, 2.75) is 57.7 Å². The summed E-state index contributed by atoms with van der Waals surface area (Å²) in [7, 11) is 1.97. The highest BCUT2D eigenvalue weighted by Gasteiger charge is 2.25. The summed E-state index contributed by atoms with van der Waals surface area (Å²) in [5, 5.41) is 4.05. The first-order valence-corrected chi connectivity index (χ1v) is 8.84. The van der Waals surface area contributed by atoms with E-state index in [0.717, 1.165) is 35.9 Å². The van der Waals surface area contributed by atoms with Crippen molar-refractivity contribution in [3.8, 4) is 0 Å². The van der Waals surface area contributed by atoms with Gasteiger partial charge >= 0.3 is 0 Å². The van der Waals surface area contributed by atoms with E-state index in [1.807, 2.05) is 20.0 Å². The molecule has 1 heterocycles. The van der Waals surface area contributed by atoms with Crippen LogP contribution < -0.4 is 5.32 Å². The number of benzene rings is 1. The molecule has 5 heteroatoms. The maximum absolute atomic E-state index is 13.3. The predicted octanol–water partition coefficient (Wildman–Crippen LogP) is 3.58. The number of nitrogens with one attached hydrogen (secondary N) is 2. The van der Waals surface area contributed by atoms with Crippen molar-refractivity contribution in [3.05, 3.63) is 35.8 Å². The number of rotatable bonds is 6. The van der Waals surface area contributed by atoms with E-state index in [-0.39, 0.29) is 17.8 Å². The number of H-pyrrole nitrogens is 1. The molecule has 1 amide bonds. The molecule has 0 bridgehead atoms. The Kier molecular flexibility index (Phi) is 5.19. The second-order valence-corrected chi connectivity index (χ2v) is 6.86. The lowest BCUT2D eigenvalue weighted by Gasteiger charge is -2.27. The number of nitrogens with zero attached hydrogens (tertiary/aromatic N) is 1. The van der Waals surface area contributed by atoms with Gasteiger partial charge in [0.25, 0.3) is 0 Å². The van der Waals surface area contributed by atoms with Crippen molar-refractivity contribution >= 4 is 16.8 Å². The molecule has 1 atom stereocenters. The fourth-order valence-electron chi connectivity index (χ4n) is 3.69. The number of carbonyl (C=O) groups excluding carboxylic acids is 1. The minimum atomic E-state index is -0.233. The first kappa shape index (κ1) is 17.0. The highest BCUT2D eigenvalue weighted by molar-refractivity contribution is 5.82. The topological polar surface area (TPSA) is 48.1 Å². The van der Waals surface area contributed by atoms with Crippen LogP contribution in [-0.4, -0.2) is 34.9 Å². The van der Waals surface area contributed by atoms with Gasteiger partial charge in [0.2, 0.25) is 5.91 Å². The smallest absolute Gasteiger partial charge is 0.237 e. The van der Waals surface area contributed by atoms with Gasteiger partial charge in [-0.3, -0.25) is 9.69 Å². The van der Waals surface area contributed by atoms with Crippen LogP contribution in [0.3, 0.4) is 0 Å². The molecule has 2 N–H and O–H groups in total. The highest BCUT2D eigenvalue weighted by Crippen LogP contribution is 2.20. The standard InChI is InChI=1S/C19H26FN3O/c1-3-18(19(24)22-15-6-4-5-7-15)23(2)12-16-11-13-10-14(20)8-9-17(13)21-16/h8-11,15,18,21H,3-7,12H2,1-2H3,(H,22,24). The van der Waals surface area contributed by atoms with Crippen molar-refractivity contribution in [2.24, 2.45) is 0 Å². The molecule has 1 aromatic heterocycles. The second-order valence-electron chi connectivity index (χ2n) is 6.86. The molecule has 0 spiro atoms. The predicted molar refractivity (Wildman–Crippen MR) is 94.2 cm³/mol. The number of fused-ring (bicyclic) bond motifs is 1. The van der Waals surface area contributed by atoms with Gasteiger partial charge in [0.15, 0.2) is 0 Å². The number of hydrogen-bond donors (Lipinski definition) is 2. The molecule has 1 unspecified atom stereocenters. The lowest BCUT2D eigenvalue weighted by Crippen LogP contribution is -2.47. The first-order chi connectivity index (χ1) is 11.6. The molecule has 0 aliphatic heterocycles. The third-order valence-corrected chi connectivity index (χ3v) is 4.98. The molecule has 4 nitrogen and oxygen atoms in total. The van der Waals surface area contributed by atoms with Crippen LogP contribution in [0.15, 0.2) is 24.3 Å². The molecule has 24 heavy (non-hydrogen) atoms. The quantitative estimate of drug-likeness (QED) is 0.850. The molecule has 1 fully saturated rings. The van der Waals surface area contributed by atoms with E-state index in [1.54, 1.807) is 6.07 Å². The van der Waals surface area contributed by atoms with Crippen LogP contribution in [0, 0.1) is 5.82 Å². The number of aromatic amines is 1. The Hall–Kier alpha value is -1.88. The molecule has 1 aliphatic rings. The summed E-state index contributed by atoms with van der Waals surface area (Å²) in [4.78, 5) is 17.9. The van der Waals surface area contributed by atoms with Gasteiger partial charge in [-0.25, -0.2) is 4.39 Å². The monoisotopic (exact) mass is 331 g/mol.